The lowest BCUT2D eigenvalue weighted by Crippen LogP contribution is -1.91. The third kappa shape index (κ3) is 1.81. The Bertz CT molecular complexity index is 500. The van der Waals surface area contributed by atoms with Crippen molar-refractivity contribution in [2.45, 2.75) is 13.8 Å². The number of Topliss-reactive ketones (excluding diaryl/α,β-unsaturated/α-hetero) is 1. The number of rotatable bonds is 2. The molecule has 0 aliphatic carbocycles. The number of hydrogen-bond acceptors (Lipinski definition) is 3. The van der Waals surface area contributed by atoms with E-state index in [1.807, 2.05) is 31.2 Å². The highest BCUT2D eigenvalue weighted by Gasteiger charge is 2.13. The second-order valence-electron chi connectivity index (χ2n) is 3.49. The van der Waals surface area contributed by atoms with Crippen LogP contribution in [0.1, 0.15) is 22.8 Å². The van der Waals surface area contributed by atoms with Crippen LogP contribution in [0.4, 0.5) is 0 Å². The van der Waals surface area contributed by atoms with Crippen molar-refractivity contribution in [2.75, 3.05) is 0 Å². The number of carbonyl (C=O) groups excluding carboxylic acids is 1. The van der Waals surface area contributed by atoms with E-state index in [1.54, 1.807) is 0 Å². The summed E-state index contributed by atoms with van der Waals surface area (Å²) in [7, 11) is 0. The number of aromatic nitrogens is 1. The molecule has 0 N–H and O–H groups in total. The molecule has 0 atom stereocenters. The van der Waals surface area contributed by atoms with Gasteiger partial charge in [-0.05, 0) is 19.9 Å². The molecule has 0 unspecified atom stereocenters. The Balaban J connectivity index is 2.54. The van der Waals surface area contributed by atoms with E-state index in [2.05, 4.69) is 5.16 Å². The van der Waals surface area contributed by atoms with Gasteiger partial charge >= 0.3 is 0 Å². The van der Waals surface area contributed by atoms with Crippen LogP contribution in [0.3, 0.4) is 0 Å². The maximum Gasteiger partial charge on any atom is 0.177 e. The Hall–Kier alpha value is -1.90. The van der Waals surface area contributed by atoms with E-state index < -0.39 is 0 Å². The minimum atomic E-state index is -0.0345. The first-order valence-corrected chi connectivity index (χ1v) is 4.71. The summed E-state index contributed by atoms with van der Waals surface area (Å²) in [5, 5.41) is 3.65. The summed E-state index contributed by atoms with van der Waals surface area (Å²) in [6.45, 7) is 3.50. The minimum absolute atomic E-state index is 0.0345. The molecule has 1 aromatic heterocycles. The molecule has 0 spiro atoms. The fourth-order valence-electron chi connectivity index (χ4n) is 1.48. The molecule has 2 rings (SSSR count). The average Bonchev–Trinajstić information content (AvgIpc) is 2.65. The van der Waals surface area contributed by atoms with Crippen LogP contribution >= 0.6 is 0 Å². The molecular weight excluding hydrogens is 190 g/mol. The molecule has 0 radical (unpaired) electrons. The van der Waals surface area contributed by atoms with Crippen molar-refractivity contribution in [1.29, 1.82) is 0 Å². The van der Waals surface area contributed by atoms with Crippen LogP contribution in [0.2, 0.25) is 0 Å². The van der Waals surface area contributed by atoms with Crippen LogP contribution < -0.4 is 0 Å². The van der Waals surface area contributed by atoms with Crippen molar-refractivity contribution in [3.8, 4) is 11.3 Å². The molecule has 3 nitrogen and oxygen atoms in total. The first-order valence-electron chi connectivity index (χ1n) is 4.71. The van der Waals surface area contributed by atoms with Gasteiger partial charge in [-0.2, -0.15) is 0 Å². The Morgan fingerprint density at radius 2 is 2.20 bits per heavy atom. The highest BCUT2D eigenvalue weighted by atomic mass is 16.5. The molecule has 0 fully saturated rings. The predicted octanol–water partition coefficient (Wildman–Crippen LogP) is 2.85. The van der Waals surface area contributed by atoms with E-state index >= 15 is 0 Å². The maximum absolute atomic E-state index is 11.3. The second-order valence-corrected chi connectivity index (χ2v) is 3.49. The number of aryl methyl sites for hydroxylation is 1. The molecular formula is C12H11NO2. The van der Waals surface area contributed by atoms with Crippen molar-refractivity contribution in [3.05, 3.63) is 41.6 Å². The first kappa shape index (κ1) is 9.65. The predicted molar refractivity (Wildman–Crippen MR) is 56.7 cm³/mol. The molecule has 0 aliphatic rings. The molecule has 15 heavy (non-hydrogen) atoms. The van der Waals surface area contributed by atoms with Gasteiger partial charge in [0.2, 0.25) is 0 Å². The van der Waals surface area contributed by atoms with E-state index in [0.29, 0.717) is 11.3 Å². The zero-order chi connectivity index (χ0) is 10.8. The van der Waals surface area contributed by atoms with Crippen LogP contribution in [0.5, 0.6) is 0 Å². The van der Waals surface area contributed by atoms with E-state index in [0.717, 1.165) is 11.1 Å². The molecule has 1 aromatic carbocycles. The molecule has 2 aromatic rings. The Morgan fingerprint density at radius 3 is 2.87 bits per heavy atom. The standard InChI is InChI=1S/C12H11NO2/c1-8-4-3-5-10(6-8)12-11(9(2)14)7-13-15-12/h3-7H,1-2H3. The van der Waals surface area contributed by atoms with Crippen molar-refractivity contribution in [3.63, 3.8) is 0 Å². The number of ketones is 1. The summed E-state index contributed by atoms with van der Waals surface area (Å²) in [4.78, 5) is 11.3. The van der Waals surface area contributed by atoms with Gasteiger partial charge in [-0.25, -0.2) is 0 Å². The van der Waals surface area contributed by atoms with Crippen LogP contribution in [-0.2, 0) is 0 Å². The number of nitrogens with zero attached hydrogens (tertiary/aromatic N) is 1. The molecule has 0 amide bonds. The molecule has 76 valence electrons. The monoisotopic (exact) mass is 201 g/mol. The second kappa shape index (κ2) is 3.69. The first-order chi connectivity index (χ1) is 7.18. The van der Waals surface area contributed by atoms with Gasteiger partial charge in [0.15, 0.2) is 11.5 Å². The summed E-state index contributed by atoms with van der Waals surface area (Å²) in [6.07, 6.45) is 1.46. The smallest absolute Gasteiger partial charge is 0.177 e. The lowest BCUT2D eigenvalue weighted by Gasteiger charge is -1.99. The van der Waals surface area contributed by atoms with Crippen LogP contribution in [0.25, 0.3) is 11.3 Å². The Kier molecular flexibility index (Phi) is 2.37. The lowest BCUT2D eigenvalue weighted by atomic mass is 10.1. The normalized spacial score (nSPS) is 10.3. The van der Waals surface area contributed by atoms with E-state index in [9.17, 15) is 4.79 Å². The molecule has 3 heteroatoms. The Labute approximate surface area is 87.7 Å². The van der Waals surface area contributed by atoms with Gasteiger partial charge in [0.05, 0.1) is 11.8 Å². The summed E-state index contributed by atoms with van der Waals surface area (Å²) < 4.78 is 5.10. The van der Waals surface area contributed by atoms with E-state index in [-0.39, 0.29) is 5.78 Å². The van der Waals surface area contributed by atoms with Crippen molar-refractivity contribution >= 4 is 5.78 Å². The summed E-state index contributed by atoms with van der Waals surface area (Å²) in [6, 6.07) is 7.79. The van der Waals surface area contributed by atoms with Crippen LogP contribution in [0, 0.1) is 6.92 Å². The SMILES string of the molecule is CC(=O)c1cnoc1-c1cccc(C)c1. The molecule has 0 aliphatic heterocycles. The fourth-order valence-corrected chi connectivity index (χ4v) is 1.48. The summed E-state index contributed by atoms with van der Waals surface area (Å²) >= 11 is 0. The Morgan fingerprint density at radius 1 is 1.40 bits per heavy atom. The highest BCUT2D eigenvalue weighted by molar-refractivity contribution is 5.99. The summed E-state index contributed by atoms with van der Waals surface area (Å²) in [5.41, 5.74) is 2.54. The quantitative estimate of drug-likeness (QED) is 0.701. The van der Waals surface area contributed by atoms with Gasteiger partial charge in [0.25, 0.3) is 0 Å². The topological polar surface area (TPSA) is 43.1 Å². The van der Waals surface area contributed by atoms with Crippen LogP contribution in [0.15, 0.2) is 35.0 Å². The highest BCUT2D eigenvalue weighted by Crippen LogP contribution is 2.24. The summed E-state index contributed by atoms with van der Waals surface area (Å²) in [5.74, 6) is 0.513. The van der Waals surface area contributed by atoms with E-state index in [4.69, 9.17) is 4.52 Å². The third-order valence-electron chi connectivity index (χ3n) is 2.23. The zero-order valence-corrected chi connectivity index (χ0v) is 8.65. The van der Waals surface area contributed by atoms with Gasteiger partial charge in [0.1, 0.15) is 0 Å². The molecule has 0 saturated heterocycles. The van der Waals surface area contributed by atoms with Gasteiger partial charge in [-0.3, -0.25) is 4.79 Å². The molecule has 0 bridgehead atoms. The number of hydrogen-bond donors (Lipinski definition) is 0. The van der Waals surface area contributed by atoms with Gasteiger partial charge in [-0.15, -0.1) is 0 Å². The van der Waals surface area contributed by atoms with Crippen LogP contribution in [-0.4, -0.2) is 10.9 Å². The third-order valence-corrected chi connectivity index (χ3v) is 2.23. The zero-order valence-electron chi connectivity index (χ0n) is 8.65. The maximum atomic E-state index is 11.3. The molecule has 1 heterocycles. The average molecular weight is 201 g/mol. The molecule has 0 saturated carbocycles. The van der Waals surface area contributed by atoms with Crippen molar-refractivity contribution < 1.29 is 9.32 Å². The van der Waals surface area contributed by atoms with Crippen molar-refractivity contribution in [1.82, 2.24) is 5.16 Å². The number of benzene rings is 1. The van der Waals surface area contributed by atoms with Gasteiger partial charge in [0, 0.05) is 5.56 Å². The lowest BCUT2D eigenvalue weighted by molar-refractivity contribution is 0.101. The van der Waals surface area contributed by atoms with Gasteiger partial charge in [-0.1, -0.05) is 28.9 Å². The van der Waals surface area contributed by atoms with Gasteiger partial charge < -0.3 is 4.52 Å². The largest absolute Gasteiger partial charge is 0.356 e. The fraction of sp³-hybridized carbons (Fsp3) is 0.167. The minimum Gasteiger partial charge on any atom is -0.356 e. The number of carbonyl (C=O) groups is 1. The van der Waals surface area contributed by atoms with Crippen molar-refractivity contribution in [2.24, 2.45) is 0 Å². The van der Waals surface area contributed by atoms with E-state index in [1.165, 1.54) is 13.1 Å².